The van der Waals surface area contributed by atoms with E-state index in [4.69, 9.17) is 10.2 Å². The zero-order chi connectivity index (χ0) is 18.1. The molecule has 26 heavy (non-hydrogen) atoms. The van der Waals surface area contributed by atoms with Crippen LogP contribution in [0.2, 0.25) is 0 Å². The van der Waals surface area contributed by atoms with Crippen molar-refractivity contribution >= 4 is 11.6 Å². The maximum Gasteiger partial charge on any atom is 0.254 e. The Labute approximate surface area is 153 Å². The monoisotopic (exact) mass is 346 g/mol. The maximum absolute atomic E-state index is 9.03. The number of aromatic nitrogens is 4. The van der Waals surface area contributed by atoms with Crippen molar-refractivity contribution in [3.05, 3.63) is 42.2 Å². The number of hydrogen-bond donors (Lipinski definition) is 0. The molecule has 1 aliphatic heterocycles. The highest BCUT2D eigenvalue weighted by Gasteiger charge is 2.27. The first-order valence-electron chi connectivity index (χ1n) is 9.13. The first-order chi connectivity index (χ1) is 12.7. The third-order valence-corrected chi connectivity index (χ3v) is 4.96. The molecule has 0 radical (unpaired) electrons. The first-order valence-corrected chi connectivity index (χ1v) is 9.13. The molecule has 1 aliphatic rings. The fraction of sp³-hybridized carbons (Fsp3) is 0.400. The molecule has 2 aromatic heterocycles. The second-order valence-electron chi connectivity index (χ2n) is 7.28. The summed E-state index contributed by atoms with van der Waals surface area (Å²) in [7, 11) is 0. The average molecular weight is 346 g/mol. The minimum Gasteiger partial charge on any atom is -0.353 e. The summed E-state index contributed by atoms with van der Waals surface area (Å²) in [6, 6.07) is 12.4. The zero-order valence-corrected chi connectivity index (χ0v) is 15.1. The van der Waals surface area contributed by atoms with Crippen molar-refractivity contribution in [3.63, 3.8) is 0 Å². The van der Waals surface area contributed by atoms with Gasteiger partial charge in [0.15, 0.2) is 0 Å². The minimum absolute atomic E-state index is 0.529. The number of rotatable bonds is 4. The van der Waals surface area contributed by atoms with Crippen LogP contribution >= 0.6 is 0 Å². The Morgan fingerprint density at radius 1 is 1.27 bits per heavy atom. The van der Waals surface area contributed by atoms with E-state index in [1.54, 1.807) is 4.52 Å². The summed E-state index contributed by atoms with van der Waals surface area (Å²) < 4.78 is 1.76. The van der Waals surface area contributed by atoms with Crippen molar-refractivity contribution in [1.29, 1.82) is 5.26 Å². The molecule has 0 bridgehead atoms. The molecule has 0 N–H and O–H groups in total. The van der Waals surface area contributed by atoms with Crippen LogP contribution < -0.4 is 4.90 Å². The Hall–Kier alpha value is -2.94. The van der Waals surface area contributed by atoms with Gasteiger partial charge in [0, 0.05) is 24.2 Å². The highest BCUT2D eigenvalue weighted by atomic mass is 15.3. The van der Waals surface area contributed by atoms with Gasteiger partial charge in [0.2, 0.25) is 0 Å². The Balaban J connectivity index is 1.78. The molecule has 1 fully saturated rings. The van der Waals surface area contributed by atoms with Crippen LogP contribution in [0.4, 0.5) is 5.82 Å². The second kappa shape index (κ2) is 6.75. The van der Waals surface area contributed by atoms with E-state index in [9.17, 15) is 0 Å². The van der Waals surface area contributed by atoms with Gasteiger partial charge >= 0.3 is 0 Å². The van der Waals surface area contributed by atoms with Crippen LogP contribution in [-0.4, -0.2) is 32.2 Å². The van der Waals surface area contributed by atoms with Gasteiger partial charge in [-0.05, 0) is 37.3 Å². The summed E-state index contributed by atoms with van der Waals surface area (Å²) in [5.41, 5.74) is 2.60. The number of benzene rings is 1. The fourth-order valence-corrected chi connectivity index (χ4v) is 3.79. The van der Waals surface area contributed by atoms with Gasteiger partial charge in [0.05, 0.1) is 17.3 Å². The number of nitriles is 1. The largest absolute Gasteiger partial charge is 0.353 e. The van der Waals surface area contributed by atoms with E-state index < -0.39 is 0 Å². The number of anilines is 1. The van der Waals surface area contributed by atoms with E-state index in [-0.39, 0.29) is 0 Å². The molecule has 1 saturated heterocycles. The van der Waals surface area contributed by atoms with Crippen LogP contribution in [0, 0.1) is 17.2 Å². The smallest absolute Gasteiger partial charge is 0.254 e. The quantitative estimate of drug-likeness (QED) is 0.721. The minimum atomic E-state index is 0.529. The summed E-state index contributed by atoms with van der Waals surface area (Å²) in [5, 5.41) is 13.4. The molecule has 1 unspecified atom stereocenters. The van der Waals surface area contributed by atoms with Crippen molar-refractivity contribution in [2.45, 2.75) is 39.2 Å². The van der Waals surface area contributed by atoms with Crippen molar-refractivity contribution < 1.29 is 0 Å². The average Bonchev–Trinajstić information content (AvgIpc) is 3.29. The Morgan fingerprint density at radius 3 is 2.81 bits per heavy atom. The van der Waals surface area contributed by atoms with Gasteiger partial charge in [-0.2, -0.15) is 24.8 Å². The standard InChI is InChI=1S/C20H22N6/c1-14(2)10-17-4-3-9-25(17)19-11-18(26-20(24-19)22-13-23-26)16-7-5-15(12-21)6-8-16/h5-8,11,13-14,17H,3-4,9-10H2,1-2H3. The highest BCUT2D eigenvalue weighted by Crippen LogP contribution is 2.31. The van der Waals surface area contributed by atoms with Crippen molar-refractivity contribution in [3.8, 4) is 17.3 Å². The molecule has 0 spiro atoms. The predicted molar refractivity (Wildman–Crippen MR) is 101 cm³/mol. The van der Waals surface area contributed by atoms with Crippen molar-refractivity contribution in [1.82, 2.24) is 19.6 Å². The third-order valence-electron chi connectivity index (χ3n) is 4.96. The van der Waals surface area contributed by atoms with Gasteiger partial charge in [-0.15, -0.1) is 0 Å². The Bertz CT molecular complexity index is 951. The SMILES string of the molecule is CC(C)CC1CCCN1c1cc(-c2ccc(C#N)cc2)n2ncnc2n1. The lowest BCUT2D eigenvalue weighted by molar-refractivity contribution is 0.492. The number of nitrogens with zero attached hydrogens (tertiary/aromatic N) is 6. The molecule has 0 amide bonds. The third kappa shape index (κ3) is 3.01. The van der Waals surface area contributed by atoms with Gasteiger partial charge in [-0.1, -0.05) is 26.0 Å². The van der Waals surface area contributed by atoms with Crippen LogP contribution in [0.5, 0.6) is 0 Å². The van der Waals surface area contributed by atoms with Gasteiger partial charge < -0.3 is 4.90 Å². The molecular formula is C20H22N6. The second-order valence-corrected chi connectivity index (χ2v) is 7.28. The summed E-state index contributed by atoms with van der Waals surface area (Å²) in [6.07, 6.45) is 5.12. The van der Waals surface area contributed by atoms with Gasteiger partial charge in [-0.25, -0.2) is 0 Å². The first kappa shape index (κ1) is 16.5. The van der Waals surface area contributed by atoms with Gasteiger partial charge in [0.25, 0.3) is 5.78 Å². The summed E-state index contributed by atoms with van der Waals surface area (Å²) in [4.78, 5) is 11.5. The molecular weight excluding hydrogens is 324 g/mol. The van der Waals surface area contributed by atoms with Crippen LogP contribution in [0.15, 0.2) is 36.7 Å². The zero-order valence-electron chi connectivity index (χ0n) is 15.1. The van der Waals surface area contributed by atoms with E-state index >= 15 is 0 Å². The van der Waals surface area contributed by atoms with Crippen molar-refractivity contribution in [2.24, 2.45) is 5.92 Å². The van der Waals surface area contributed by atoms with Gasteiger partial charge in [-0.3, -0.25) is 0 Å². The molecule has 3 aromatic rings. The van der Waals surface area contributed by atoms with E-state index in [1.165, 1.54) is 25.6 Å². The van der Waals surface area contributed by atoms with E-state index in [0.717, 1.165) is 23.6 Å². The molecule has 3 heterocycles. The summed E-state index contributed by atoms with van der Waals surface area (Å²) in [5.74, 6) is 2.24. The molecule has 1 aromatic carbocycles. The maximum atomic E-state index is 9.03. The van der Waals surface area contributed by atoms with E-state index in [2.05, 4.69) is 41.0 Å². The lowest BCUT2D eigenvalue weighted by Crippen LogP contribution is -2.31. The van der Waals surface area contributed by atoms with Crippen LogP contribution in [0.25, 0.3) is 17.0 Å². The molecule has 6 nitrogen and oxygen atoms in total. The molecule has 0 saturated carbocycles. The van der Waals surface area contributed by atoms with Gasteiger partial charge in [0.1, 0.15) is 12.1 Å². The molecule has 6 heteroatoms. The van der Waals surface area contributed by atoms with Crippen LogP contribution in [0.3, 0.4) is 0 Å². The van der Waals surface area contributed by atoms with Crippen LogP contribution in [-0.2, 0) is 0 Å². The topological polar surface area (TPSA) is 70.1 Å². The molecule has 1 atom stereocenters. The normalized spacial score (nSPS) is 17.2. The molecule has 4 rings (SSSR count). The summed E-state index contributed by atoms with van der Waals surface area (Å²) >= 11 is 0. The number of hydrogen-bond acceptors (Lipinski definition) is 5. The van der Waals surface area contributed by atoms with E-state index in [1.807, 2.05) is 24.3 Å². The lowest BCUT2D eigenvalue weighted by atomic mass is 10.0. The molecule has 132 valence electrons. The predicted octanol–water partition coefficient (Wildman–Crippen LogP) is 3.68. The lowest BCUT2D eigenvalue weighted by Gasteiger charge is -2.27. The Morgan fingerprint density at radius 2 is 2.08 bits per heavy atom. The summed E-state index contributed by atoms with van der Waals surface area (Å²) in [6.45, 7) is 5.57. The van der Waals surface area contributed by atoms with Crippen molar-refractivity contribution in [2.75, 3.05) is 11.4 Å². The highest BCUT2D eigenvalue weighted by molar-refractivity contribution is 5.67. The molecule has 0 aliphatic carbocycles. The Kier molecular flexibility index (Phi) is 4.29. The number of fused-ring (bicyclic) bond motifs is 1. The van der Waals surface area contributed by atoms with Crippen LogP contribution in [0.1, 0.15) is 38.7 Å². The van der Waals surface area contributed by atoms with E-state index in [0.29, 0.717) is 23.3 Å². The fourth-order valence-electron chi connectivity index (χ4n) is 3.79.